The fourth-order valence-electron chi connectivity index (χ4n) is 2.84. The number of hydrogen-bond donors (Lipinski definition) is 1. The summed E-state index contributed by atoms with van der Waals surface area (Å²) in [6.45, 7) is 6.50. The molecule has 1 aromatic rings. The normalized spacial score (nSPS) is 17.2. The number of piperidine rings is 1. The minimum Gasteiger partial charge on any atom is -0.494 e. The molecule has 0 bridgehead atoms. The predicted molar refractivity (Wildman–Crippen MR) is 86.2 cm³/mol. The maximum absolute atomic E-state index is 12.8. The Bertz CT molecular complexity index is 691. The maximum atomic E-state index is 12.8. The molecule has 0 unspecified atom stereocenters. The van der Waals surface area contributed by atoms with Crippen LogP contribution in [-0.4, -0.2) is 43.5 Å². The van der Waals surface area contributed by atoms with Gasteiger partial charge >= 0.3 is 5.97 Å². The molecule has 1 aromatic carbocycles. The van der Waals surface area contributed by atoms with Gasteiger partial charge in [0.2, 0.25) is 10.0 Å². The van der Waals surface area contributed by atoms with Crippen LogP contribution < -0.4 is 4.74 Å². The maximum Gasteiger partial charge on any atom is 0.306 e. The van der Waals surface area contributed by atoms with Crippen molar-refractivity contribution in [3.63, 3.8) is 0 Å². The lowest BCUT2D eigenvalue weighted by Gasteiger charge is -2.30. The van der Waals surface area contributed by atoms with E-state index in [2.05, 4.69) is 0 Å². The summed E-state index contributed by atoms with van der Waals surface area (Å²) < 4.78 is 32.6. The predicted octanol–water partition coefficient (Wildman–Crippen LogP) is 2.19. The Morgan fingerprint density at radius 3 is 2.39 bits per heavy atom. The Kier molecular flexibility index (Phi) is 5.31. The van der Waals surface area contributed by atoms with Crippen LogP contribution in [0.2, 0.25) is 0 Å². The van der Waals surface area contributed by atoms with Crippen molar-refractivity contribution in [3.8, 4) is 5.75 Å². The lowest BCUT2D eigenvalue weighted by Crippen LogP contribution is -2.40. The van der Waals surface area contributed by atoms with Crippen molar-refractivity contribution in [2.75, 3.05) is 19.7 Å². The zero-order valence-electron chi connectivity index (χ0n) is 13.7. The van der Waals surface area contributed by atoms with Gasteiger partial charge in [-0.1, -0.05) is 0 Å². The summed E-state index contributed by atoms with van der Waals surface area (Å²) in [5.41, 5.74) is 1.49. The van der Waals surface area contributed by atoms with Crippen LogP contribution in [0.25, 0.3) is 0 Å². The van der Waals surface area contributed by atoms with Gasteiger partial charge in [-0.3, -0.25) is 4.79 Å². The van der Waals surface area contributed by atoms with Gasteiger partial charge in [-0.2, -0.15) is 4.31 Å². The van der Waals surface area contributed by atoms with E-state index in [1.165, 1.54) is 4.31 Å². The lowest BCUT2D eigenvalue weighted by atomic mass is 9.99. The van der Waals surface area contributed by atoms with Gasteiger partial charge in [0.15, 0.2) is 0 Å². The zero-order valence-corrected chi connectivity index (χ0v) is 14.5. The lowest BCUT2D eigenvalue weighted by molar-refractivity contribution is -0.142. The molecule has 128 valence electrons. The van der Waals surface area contributed by atoms with Gasteiger partial charge in [-0.15, -0.1) is 0 Å². The van der Waals surface area contributed by atoms with Crippen LogP contribution in [0.3, 0.4) is 0 Å². The molecular formula is C16H23NO5S. The zero-order chi connectivity index (χ0) is 17.2. The summed E-state index contributed by atoms with van der Waals surface area (Å²) in [5.74, 6) is -0.617. The third kappa shape index (κ3) is 3.50. The number of sulfonamides is 1. The average Bonchev–Trinajstić information content (AvgIpc) is 2.52. The molecule has 1 aliphatic heterocycles. The van der Waals surface area contributed by atoms with Gasteiger partial charge in [0.1, 0.15) is 5.75 Å². The number of nitrogens with zero attached hydrogens (tertiary/aromatic N) is 1. The van der Waals surface area contributed by atoms with Gasteiger partial charge < -0.3 is 9.84 Å². The molecule has 23 heavy (non-hydrogen) atoms. The topological polar surface area (TPSA) is 83.9 Å². The highest BCUT2D eigenvalue weighted by atomic mass is 32.2. The van der Waals surface area contributed by atoms with Crippen molar-refractivity contribution in [2.45, 2.75) is 38.5 Å². The third-order valence-corrected chi connectivity index (χ3v) is 6.45. The molecule has 7 heteroatoms. The number of benzene rings is 1. The number of aliphatic carboxylic acids is 1. The molecule has 1 aliphatic rings. The highest BCUT2D eigenvalue weighted by molar-refractivity contribution is 7.89. The van der Waals surface area contributed by atoms with E-state index in [0.717, 1.165) is 5.56 Å². The Hall–Kier alpha value is -1.60. The quantitative estimate of drug-likeness (QED) is 0.887. The van der Waals surface area contributed by atoms with Crippen molar-refractivity contribution >= 4 is 16.0 Å². The van der Waals surface area contributed by atoms with Crippen LogP contribution >= 0.6 is 0 Å². The average molecular weight is 341 g/mol. The molecule has 0 saturated carbocycles. The van der Waals surface area contributed by atoms with Gasteiger partial charge in [-0.25, -0.2) is 8.42 Å². The van der Waals surface area contributed by atoms with Crippen molar-refractivity contribution in [1.29, 1.82) is 0 Å². The van der Waals surface area contributed by atoms with Crippen LogP contribution in [0.15, 0.2) is 17.0 Å². The minimum atomic E-state index is -3.61. The molecule has 1 heterocycles. The van der Waals surface area contributed by atoms with Crippen molar-refractivity contribution < 1.29 is 23.1 Å². The number of carboxylic acid groups (broad SMARTS) is 1. The van der Waals surface area contributed by atoms with Crippen molar-refractivity contribution in [1.82, 2.24) is 4.31 Å². The summed E-state index contributed by atoms with van der Waals surface area (Å²) in [7, 11) is -3.61. The van der Waals surface area contributed by atoms with E-state index in [1.807, 2.05) is 13.8 Å². The van der Waals surface area contributed by atoms with E-state index in [4.69, 9.17) is 9.84 Å². The van der Waals surface area contributed by atoms with E-state index in [0.29, 0.717) is 30.8 Å². The SMILES string of the molecule is CCOc1ccc(S(=O)(=O)N2CCC(C(=O)O)CC2)c(C)c1C. The van der Waals surface area contributed by atoms with Crippen LogP contribution in [-0.2, 0) is 14.8 Å². The summed E-state index contributed by atoms with van der Waals surface area (Å²) in [6, 6.07) is 3.26. The summed E-state index contributed by atoms with van der Waals surface area (Å²) >= 11 is 0. The summed E-state index contributed by atoms with van der Waals surface area (Å²) in [4.78, 5) is 11.3. The van der Waals surface area contributed by atoms with E-state index < -0.39 is 21.9 Å². The molecule has 1 saturated heterocycles. The smallest absolute Gasteiger partial charge is 0.306 e. The third-order valence-electron chi connectivity index (χ3n) is 4.41. The van der Waals surface area contributed by atoms with Crippen LogP contribution in [0.5, 0.6) is 5.75 Å². The highest BCUT2D eigenvalue weighted by Crippen LogP contribution is 2.31. The molecule has 1 N–H and O–H groups in total. The molecule has 0 aliphatic carbocycles. The Morgan fingerprint density at radius 1 is 1.26 bits per heavy atom. The first-order valence-electron chi connectivity index (χ1n) is 7.75. The van der Waals surface area contributed by atoms with Crippen LogP contribution in [0, 0.1) is 19.8 Å². The molecule has 0 spiro atoms. The largest absolute Gasteiger partial charge is 0.494 e. The molecule has 0 aromatic heterocycles. The monoisotopic (exact) mass is 341 g/mol. The first kappa shape index (κ1) is 17.7. The van der Waals surface area contributed by atoms with Crippen LogP contribution in [0.4, 0.5) is 0 Å². The second kappa shape index (κ2) is 6.88. The molecule has 0 atom stereocenters. The van der Waals surface area contributed by atoms with Gasteiger partial charge in [0.25, 0.3) is 0 Å². The van der Waals surface area contributed by atoms with E-state index in [-0.39, 0.29) is 18.0 Å². The number of hydrogen-bond acceptors (Lipinski definition) is 4. The fraction of sp³-hybridized carbons (Fsp3) is 0.562. The van der Waals surface area contributed by atoms with Gasteiger partial charge in [0, 0.05) is 13.1 Å². The number of ether oxygens (including phenoxy) is 1. The number of carbonyl (C=O) groups is 1. The number of rotatable bonds is 5. The first-order chi connectivity index (χ1) is 10.8. The highest BCUT2D eigenvalue weighted by Gasteiger charge is 2.33. The van der Waals surface area contributed by atoms with Crippen molar-refractivity contribution in [2.24, 2.45) is 5.92 Å². The van der Waals surface area contributed by atoms with E-state index in [1.54, 1.807) is 19.1 Å². The second-order valence-electron chi connectivity index (χ2n) is 5.76. The minimum absolute atomic E-state index is 0.241. The Morgan fingerprint density at radius 2 is 1.87 bits per heavy atom. The van der Waals surface area contributed by atoms with Crippen molar-refractivity contribution in [3.05, 3.63) is 23.3 Å². The molecule has 0 radical (unpaired) electrons. The summed E-state index contributed by atoms with van der Waals surface area (Å²) in [6.07, 6.45) is 0.702. The van der Waals surface area contributed by atoms with E-state index in [9.17, 15) is 13.2 Å². The van der Waals surface area contributed by atoms with Gasteiger partial charge in [0.05, 0.1) is 17.4 Å². The summed E-state index contributed by atoms with van der Waals surface area (Å²) in [5, 5.41) is 9.02. The molecule has 2 rings (SSSR count). The first-order valence-corrected chi connectivity index (χ1v) is 9.19. The number of carboxylic acids is 1. The fourth-order valence-corrected chi connectivity index (χ4v) is 4.59. The second-order valence-corrected chi connectivity index (χ2v) is 7.67. The van der Waals surface area contributed by atoms with E-state index >= 15 is 0 Å². The molecule has 0 amide bonds. The van der Waals surface area contributed by atoms with Gasteiger partial charge in [-0.05, 0) is 56.9 Å². The Balaban J connectivity index is 2.27. The molecule has 1 fully saturated rings. The standard InChI is InChI=1S/C16H23NO5S/c1-4-22-14-5-6-15(12(3)11(14)2)23(20,21)17-9-7-13(8-10-17)16(18)19/h5-6,13H,4,7-10H2,1-3H3,(H,18,19). The Labute approximate surface area is 137 Å². The van der Waals surface area contributed by atoms with Crippen LogP contribution in [0.1, 0.15) is 30.9 Å². The molecular weight excluding hydrogens is 318 g/mol. The molecule has 6 nitrogen and oxygen atoms in total.